The molecule has 2 aromatic rings. The minimum Gasteiger partial charge on any atom is -0.351 e. The molecule has 1 N–H and O–H groups in total. The number of alkyl halides is 2. The molecule has 7 nitrogen and oxygen atoms in total. The summed E-state index contributed by atoms with van der Waals surface area (Å²) >= 11 is 0. The summed E-state index contributed by atoms with van der Waals surface area (Å²) < 4.78 is 110. The van der Waals surface area contributed by atoms with E-state index in [2.05, 4.69) is 10.3 Å². The molecule has 1 saturated carbocycles. The fourth-order valence-corrected chi connectivity index (χ4v) is 6.64. The average Bonchev–Trinajstić information content (AvgIpc) is 3.36. The number of nitrogens with one attached hydrogen (secondary N) is 1. The average molecular weight is 668 g/mol. The van der Waals surface area contributed by atoms with Gasteiger partial charge in [-0.3, -0.25) is 24.4 Å². The molecule has 16 heteroatoms. The van der Waals surface area contributed by atoms with Gasteiger partial charge in [-0.1, -0.05) is 40.2 Å². The molecular formula is C29H33F8N5O2S. The number of halogens is 8. The van der Waals surface area contributed by atoms with Gasteiger partial charge in [-0.25, -0.2) is 13.2 Å². The number of anilines is 1. The molecule has 2 unspecified atom stereocenters. The van der Waals surface area contributed by atoms with Crippen molar-refractivity contribution in [2.24, 2.45) is 11.3 Å². The van der Waals surface area contributed by atoms with Crippen LogP contribution in [0.15, 0.2) is 47.6 Å². The lowest BCUT2D eigenvalue weighted by Crippen LogP contribution is -2.54. The fourth-order valence-electron chi connectivity index (χ4n) is 5.99. The summed E-state index contributed by atoms with van der Waals surface area (Å²) in [6, 6.07) is -1.64. The van der Waals surface area contributed by atoms with Crippen LogP contribution in [0.5, 0.6) is 0 Å². The summed E-state index contributed by atoms with van der Waals surface area (Å²) in [5, 5.41) is 12.5. The number of likely N-dealkylation sites (tertiary alicyclic amines) is 1. The number of hydrogen-bond donors (Lipinski definition) is 1. The second-order valence-corrected chi connectivity index (χ2v) is 15.1. The van der Waals surface area contributed by atoms with Crippen molar-refractivity contribution in [2.45, 2.75) is 81.8 Å². The van der Waals surface area contributed by atoms with Gasteiger partial charge in [-0.05, 0) is 60.9 Å². The molecule has 3 atom stereocenters. The molecule has 2 fully saturated rings. The third kappa shape index (κ3) is 7.79. The monoisotopic (exact) mass is 667 g/mol. The predicted octanol–water partition coefficient (Wildman–Crippen LogP) is 7.86. The molecule has 45 heavy (non-hydrogen) atoms. The minimum absolute atomic E-state index is 0.0805. The summed E-state index contributed by atoms with van der Waals surface area (Å²) in [5.74, 6) is -6.31. The Kier molecular flexibility index (Phi) is 8.40. The van der Waals surface area contributed by atoms with Gasteiger partial charge >= 0.3 is 10.2 Å². The smallest absolute Gasteiger partial charge is 0.310 e. The topological polar surface area (TPSA) is 89.3 Å². The van der Waals surface area contributed by atoms with Crippen LogP contribution >= 0.6 is 10.2 Å². The molecule has 1 saturated heterocycles. The van der Waals surface area contributed by atoms with Crippen LogP contribution in [0.25, 0.3) is 0 Å². The van der Waals surface area contributed by atoms with E-state index in [9.17, 15) is 47.5 Å². The lowest BCUT2D eigenvalue weighted by atomic mass is 9.75. The summed E-state index contributed by atoms with van der Waals surface area (Å²) in [7, 11) is -10.1. The quantitative estimate of drug-likeness (QED) is 0.240. The summed E-state index contributed by atoms with van der Waals surface area (Å²) in [6.45, 7) is 5.57. The largest absolute Gasteiger partial charge is 0.351 e. The third-order valence-electron chi connectivity index (χ3n) is 8.30. The summed E-state index contributed by atoms with van der Waals surface area (Å²) in [4.78, 5) is 31.9. The van der Waals surface area contributed by atoms with E-state index < -0.39 is 86.7 Å². The molecule has 1 aromatic heterocycles. The Labute approximate surface area is 255 Å². The lowest BCUT2D eigenvalue weighted by molar-refractivity contribution is -0.130. The first-order chi connectivity index (χ1) is 20.5. The Balaban J connectivity index is 1.88. The van der Waals surface area contributed by atoms with Crippen molar-refractivity contribution in [3.05, 3.63) is 54.1 Å². The highest BCUT2D eigenvalue weighted by Crippen LogP contribution is 3.02. The Morgan fingerprint density at radius 1 is 1.07 bits per heavy atom. The van der Waals surface area contributed by atoms with Gasteiger partial charge in [0.25, 0.3) is 5.91 Å². The van der Waals surface area contributed by atoms with Gasteiger partial charge in [0.15, 0.2) is 6.19 Å². The first kappa shape index (κ1) is 34.3. The number of carbonyl (C=O) groups is 2. The van der Waals surface area contributed by atoms with Crippen molar-refractivity contribution < 1.29 is 42.2 Å². The van der Waals surface area contributed by atoms with E-state index in [0.717, 1.165) is 28.3 Å². The zero-order chi connectivity index (χ0) is 33.7. The molecule has 2 amide bonds. The van der Waals surface area contributed by atoms with Gasteiger partial charge in [0.1, 0.15) is 22.8 Å². The Hall–Kier alpha value is -3.61. The van der Waals surface area contributed by atoms with Gasteiger partial charge in [-0.15, -0.1) is 0 Å². The molecule has 4 rings (SSSR count). The number of hydrogen-bond acceptors (Lipinski definition) is 5. The Morgan fingerprint density at radius 3 is 2.18 bits per heavy atom. The van der Waals surface area contributed by atoms with Crippen molar-refractivity contribution in [3.63, 3.8) is 0 Å². The molecule has 1 aliphatic carbocycles. The SMILES string of the molecule is CC(C)(C)C1CCN(C#N)[C@H]1C(=O)N(c1ccc(S(F)(F)(F)(F)F)cc1)C(C(=O)NC1CCC(F)(F)CC1)c1cncc(F)c1. The standard InChI is InChI=1S/C29H33F8N5O2S/c1-28(2,3)23-10-13-41(17-38)25(23)27(44)42(21-4-6-22(7-5-21)45(33,34,35,36)37)24(18-14-19(30)16-39-15-18)26(43)40-20-8-11-29(31,32)12-9-20/h4-7,14-16,20,23-25H,8-13H2,1-3H3,(H,40,43)/t23?,24?,25-/m1/s1. The van der Waals surface area contributed by atoms with Crippen LogP contribution in [0, 0.1) is 28.6 Å². The first-order valence-corrected chi connectivity index (χ1v) is 16.1. The maximum absolute atomic E-state index is 14.5. The molecule has 0 spiro atoms. The van der Waals surface area contributed by atoms with E-state index in [1.54, 1.807) is 0 Å². The number of nitrogens with zero attached hydrogens (tertiary/aromatic N) is 4. The zero-order valence-electron chi connectivity index (χ0n) is 24.6. The number of nitriles is 1. The van der Waals surface area contributed by atoms with Crippen LogP contribution in [0.4, 0.5) is 38.3 Å². The van der Waals surface area contributed by atoms with E-state index in [4.69, 9.17) is 0 Å². The number of carbonyl (C=O) groups excluding carboxylic acids is 2. The van der Waals surface area contributed by atoms with Crippen LogP contribution < -0.4 is 10.2 Å². The second-order valence-electron chi connectivity index (χ2n) is 12.6. The molecular weight excluding hydrogens is 634 g/mol. The van der Waals surface area contributed by atoms with E-state index in [-0.39, 0.29) is 37.1 Å². The highest BCUT2D eigenvalue weighted by atomic mass is 32.5. The van der Waals surface area contributed by atoms with Gasteiger partial charge < -0.3 is 5.32 Å². The number of aromatic nitrogens is 1. The Morgan fingerprint density at radius 2 is 1.67 bits per heavy atom. The van der Waals surface area contributed by atoms with E-state index in [1.807, 2.05) is 27.0 Å². The van der Waals surface area contributed by atoms with Crippen LogP contribution in [0.3, 0.4) is 0 Å². The van der Waals surface area contributed by atoms with Crippen LogP contribution in [-0.2, 0) is 9.59 Å². The molecule has 1 aliphatic heterocycles. The summed E-state index contributed by atoms with van der Waals surface area (Å²) in [6.07, 6.45) is 2.82. The highest BCUT2D eigenvalue weighted by molar-refractivity contribution is 8.45. The maximum atomic E-state index is 14.5. The van der Waals surface area contributed by atoms with Crippen molar-refractivity contribution in [1.82, 2.24) is 15.2 Å². The van der Waals surface area contributed by atoms with Crippen molar-refractivity contribution in [3.8, 4) is 6.19 Å². The van der Waals surface area contributed by atoms with E-state index in [0.29, 0.717) is 18.6 Å². The highest BCUT2D eigenvalue weighted by Gasteiger charge is 2.65. The van der Waals surface area contributed by atoms with Gasteiger partial charge in [-0.2, -0.15) is 5.26 Å². The molecule has 0 bridgehead atoms. The van der Waals surface area contributed by atoms with Crippen molar-refractivity contribution in [1.29, 1.82) is 5.26 Å². The van der Waals surface area contributed by atoms with E-state index >= 15 is 0 Å². The van der Waals surface area contributed by atoms with Crippen LogP contribution in [-0.4, -0.2) is 46.2 Å². The number of amides is 2. The van der Waals surface area contributed by atoms with E-state index in [1.165, 1.54) is 0 Å². The molecule has 2 heterocycles. The second kappa shape index (κ2) is 11.0. The fraction of sp³-hybridized carbons (Fsp3) is 0.517. The molecule has 1 aromatic carbocycles. The van der Waals surface area contributed by atoms with Crippen LogP contribution in [0.1, 0.15) is 64.5 Å². The van der Waals surface area contributed by atoms with Crippen molar-refractivity contribution in [2.75, 3.05) is 11.4 Å². The first-order valence-electron chi connectivity index (χ1n) is 14.1. The Bertz CT molecular complexity index is 1480. The molecule has 2 aliphatic rings. The number of rotatable bonds is 7. The lowest BCUT2D eigenvalue weighted by Gasteiger charge is -2.41. The molecule has 248 valence electrons. The molecule has 0 radical (unpaired) electrons. The summed E-state index contributed by atoms with van der Waals surface area (Å²) in [5.41, 5.74) is -1.25. The minimum atomic E-state index is -10.1. The van der Waals surface area contributed by atoms with Crippen molar-refractivity contribution >= 4 is 27.7 Å². The predicted molar refractivity (Wildman–Crippen MR) is 151 cm³/mol. The van der Waals surface area contributed by atoms with Gasteiger partial charge in [0, 0.05) is 42.9 Å². The van der Waals surface area contributed by atoms with Gasteiger partial charge in [0.2, 0.25) is 11.8 Å². The third-order valence-corrected chi connectivity index (χ3v) is 9.46. The number of pyridine rings is 1. The number of benzene rings is 1. The maximum Gasteiger partial charge on any atom is 0.310 e. The van der Waals surface area contributed by atoms with Gasteiger partial charge in [0.05, 0.1) is 6.20 Å². The zero-order valence-corrected chi connectivity index (χ0v) is 25.4. The normalized spacial score (nSPS) is 22.9. The van der Waals surface area contributed by atoms with Crippen LogP contribution in [0.2, 0.25) is 0 Å².